The summed E-state index contributed by atoms with van der Waals surface area (Å²) in [4.78, 5) is 16.6. The minimum atomic E-state index is -0.0613. The molecular formula is C17H20N2O. The van der Waals surface area contributed by atoms with E-state index in [4.69, 9.17) is 0 Å². The van der Waals surface area contributed by atoms with Gasteiger partial charge in [0.1, 0.15) is 11.5 Å². The van der Waals surface area contributed by atoms with E-state index in [0.717, 1.165) is 29.8 Å². The van der Waals surface area contributed by atoms with Crippen LogP contribution in [0, 0.1) is 12.8 Å². The molecule has 104 valence electrons. The molecule has 0 unspecified atom stereocenters. The first-order valence-electron chi connectivity index (χ1n) is 7.41. The van der Waals surface area contributed by atoms with E-state index in [0.29, 0.717) is 11.6 Å². The molecule has 0 bridgehead atoms. The van der Waals surface area contributed by atoms with Gasteiger partial charge >= 0.3 is 0 Å². The van der Waals surface area contributed by atoms with E-state index in [-0.39, 0.29) is 5.91 Å². The monoisotopic (exact) mass is 268 g/mol. The number of rotatable bonds is 2. The molecule has 1 aromatic carbocycles. The molecule has 20 heavy (non-hydrogen) atoms. The fourth-order valence-corrected chi connectivity index (χ4v) is 2.95. The van der Waals surface area contributed by atoms with Gasteiger partial charge in [0.2, 0.25) is 0 Å². The van der Waals surface area contributed by atoms with Crippen LogP contribution >= 0.6 is 0 Å². The van der Waals surface area contributed by atoms with Gasteiger partial charge in [-0.15, -0.1) is 0 Å². The molecule has 1 heterocycles. The largest absolute Gasteiger partial charge is 0.308 e. The van der Waals surface area contributed by atoms with Crippen LogP contribution in [0.2, 0.25) is 0 Å². The van der Waals surface area contributed by atoms with Gasteiger partial charge in [0.05, 0.1) is 0 Å². The lowest BCUT2D eigenvalue weighted by Gasteiger charge is -2.20. The Kier molecular flexibility index (Phi) is 3.68. The second-order valence-corrected chi connectivity index (χ2v) is 5.67. The lowest BCUT2D eigenvalue weighted by Crippen LogP contribution is -2.31. The number of aliphatic imine (C=N–C) groups is 1. The maximum absolute atomic E-state index is 12.0. The van der Waals surface area contributed by atoms with Gasteiger partial charge in [-0.3, -0.25) is 4.79 Å². The summed E-state index contributed by atoms with van der Waals surface area (Å²) < 4.78 is 0. The lowest BCUT2D eigenvalue weighted by molar-refractivity contribution is -0.115. The maximum atomic E-state index is 12.0. The summed E-state index contributed by atoms with van der Waals surface area (Å²) in [6.07, 6.45) is 7.99. The highest BCUT2D eigenvalue weighted by molar-refractivity contribution is 6.15. The first-order valence-corrected chi connectivity index (χ1v) is 7.41. The number of aryl methyl sites for hydroxylation is 1. The van der Waals surface area contributed by atoms with Crippen LogP contribution in [0.3, 0.4) is 0 Å². The number of carbonyl (C=O) groups is 1. The predicted molar refractivity (Wildman–Crippen MR) is 81.3 cm³/mol. The molecule has 0 spiro atoms. The first kappa shape index (κ1) is 13.1. The summed E-state index contributed by atoms with van der Waals surface area (Å²) in [5.41, 5.74) is 2.76. The van der Waals surface area contributed by atoms with Gasteiger partial charge in [0.15, 0.2) is 0 Å². The van der Waals surface area contributed by atoms with Crippen molar-refractivity contribution in [2.24, 2.45) is 10.9 Å². The highest BCUT2D eigenvalue weighted by atomic mass is 16.2. The van der Waals surface area contributed by atoms with Crippen molar-refractivity contribution >= 4 is 17.8 Å². The van der Waals surface area contributed by atoms with Crippen molar-refractivity contribution in [1.82, 2.24) is 5.32 Å². The van der Waals surface area contributed by atoms with E-state index in [1.807, 2.05) is 37.3 Å². The molecule has 1 N–H and O–H groups in total. The zero-order valence-corrected chi connectivity index (χ0v) is 11.9. The minimum absolute atomic E-state index is 0.0613. The molecule has 3 nitrogen and oxygen atoms in total. The van der Waals surface area contributed by atoms with Crippen LogP contribution in [0.25, 0.3) is 6.08 Å². The van der Waals surface area contributed by atoms with Crippen molar-refractivity contribution in [3.63, 3.8) is 0 Å². The number of hydrogen-bond acceptors (Lipinski definition) is 2. The van der Waals surface area contributed by atoms with E-state index in [2.05, 4.69) is 10.3 Å². The minimum Gasteiger partial charge on any atom is -0.308 e. The molecule has 0 saturated heterocycles. The van der Waals surface area contributed by atoms with Crippen LogP contribution in [-0.4, -0.2) is 11.7 Å². The summed E-state index contributed by atoms with van der Waals surface area (Å²) >= 11 is 0. The van der Waals surface area contributed by atoms with Crippen molar-refractivity contribution in [2.75, 3.05) is 0 Å². The van der Waals surface area contributed by atoms with E-state index in [1.165, 1.54) is 19.3 Å². The van der Waals surface area contributed by atoms with E-state index >= 15 is 0 Å². The molecule has 0 atom stereocenters. The van der Waals surface area contributed by atoms with Crippen molar-refractivity contribution in [1.29, 1.82) is 0 Å². The second-order valence-electron chi connectivity index (χ2n) is 5.67. The van der Waals surface area contributed by atoms with Crippen LogP contribution in [0.1, 0.15) is 43.2 Å². The van der Waals surface area contributed by atoms with Crippen molar-refractivity contribution in [3.8, 4) is 0 Å². The molecule has 1 fully saturated rings. The molecule has 1 aliphatic carbocycles. The lowest BCUT2D eigenvalue weighted by atomic mass is 9.88. The number of amidine groups is 1. The topological polar surface area (TPSA) is 41.5 Å². The molecule has 1 saturated carbocycles. The Bertz CT molecular complexity index is 580. The Balaban J connectivity index is 1.85. The number of nitrogens with zero attached hydrogens (tertiary/aromatic N) is 1. The number of nitrogens with one attached hydrogen (secondary N) is 1. The third kappa shape index (κ3) is 2.67. The molecule has 1 aromatic rings. The Hall–Kier alpha value is -1.90. The average Bonchev–Trinajstić information content (AvgIpc) is 2.84. The zero-order chi connectivity index (χ0) is 13.9. The number of carbonyl (C=O) groups excluding carboxylic acids is 1. The second kappa shape index (κ2) is 5.61. The number of hydrogen-bond donors (Lipinski definition) is 1. The van der Waals surface area contributed by atoms with Gasteiger partial charge in [-0.05, 0) is 37.0 Å². The van der Waals surface area contributed by atoms with Crippen molar-refractivity contribution in [2.45, 2.75) is 39.0 Å². The van der Waals surface area contributed by atoms with Crippen molar-refractivity contribution < 1.29 is 4.79 Å². The standard InChI is InChI=1S/C17H20N2O/c1-12-7-5-6-10-14(12)11-15-17(20)19-16(18-15)13-8-3-2-4-9-13/h5-7,10-11,13H,2-4,8-9H2,1H3,(H,18,19,20)/b15-11-. The van der Waals surface area contributed by atoms with Crippen molar-refractivity contribution in [3.05, 3.63) is 41.1 Å². The SMILES string of the molecule is Cc1ccccc1/C=C1\N=C(C2CCCCC2)NC1=O. The van der Waals surface area contributed by atoms with Gasteiger partial charge in [0.25, 0.3) is 5.91 Å². The molecule has 0 aromatic heterocycles. The molecular weight excluding hydrogens is 248 g/mol. The van der Waals surface area contributed by atoms with Gasteiger partial charge < -0.3 is 5.32 Å². The van der Waals surface area contributed by atoms with Crippen LogP contribution in [0.15, 0.2) is 35.0 Å². The van der Waals surface area contributed by atoms with Crippen LogP contribution in [0.4, 0.5) is 0 Å². The Morgan fingerprint density at radius 2 is 1.95 bits per heavy atom. The smallest absolute Gasteiger partial charge is 0.275 e. The predicted octanol–water partition coefficient (Wildman–Crippen LogP) is 3.44. The van der Waals surface area contributed by atoms with E-state index in [1.54, 1.807) is 0 Å². The summed E-state index contributed by atoms with van der Waals surface area (Å²) in [6.45, 7) is 2.05. The Morgan fingerprint density at radius 3 is 2.70 bits per heavy atom. The summed E-state index contributed by atoms with van der Waals surface area (Å²) in [7, 11) is 0. The highest BCUT2D eigenvalue weighted by Gasteiger charge is 2.27. The third-order valence-corrected chi connectivity index (χ3v) is 4.19. The van der Waals surface area contributed by atoms with E-state index < -0.39 is 0 Å². The normalized spacial score (nSPS) is 21.9. The highest BCUT2D eigenvalue weighted by Crippen LogP contribution is 2.27. The fourth-order valence-electron chi connectivity index (χ4n) is 2.95. The molecule has 1 aliphatic heterocycles. The quantitative estimate of drug-likeness (QED) is 0.820. The Labute approximate surface area is 119 Å². The summed E-state index contributed by atoms with van der Waals surface area (Å²) in [5.74, 6) is 1.26. The van der Waals surface area contributed by atoms with Gasteiger partial charge in [0, 0.05) is 5.92 Å². The van der Waals surface area contributed by atoms with Crippen LogP contribution in [0.5, 0.6) is 0 Å². The third-order valence-electron chi connectivity index (χ3n) is 4.19. The average molecular weight is 268 g/mol. The van der Waals surface area contributed by atoms with E-state index in [9.17, 15) is 4.79 Å². The molecule has 1 amide bonds. The molecule has 0 radical (unpaired) electrons. The number of benzene rings is 1. The van der Waals surface area contributed by atoms with Gasteiger partial charge in [-0.2, -0.15) is 0 Å². The summed E-state index contributed by atoms with van der Waals surface area (Å²) in [5, 5.41) is 2.96. The maximum Gasteiger partial charge on any atom is 0.275 e. The summed E-state index contributed by atoms with van der Waals surface area (Å²) in [6, 6.07) is 8.05. The first-order chi connectivity index (χ1) is 9.74. The van der Waals surface area contributed by atoms with Crippen LogP contribution < -0.4 is 5.32 Å². The van der Waals surface area contributed by atoms with Gasteiger partial charge in [-0.1, -0.05) is 43.5 Å². The number of amides is 1. The zero-order valence-electron chi connectivity index (χ0n) is 11.9. The van der Waals surface area contributed by atoms with Gasteiger partial charge in [-0.25, -0.2) is 4.99 Å². The molecule has 3 heteroatoms. The molecule has 3 rings (SSSR count). The Morgan fingerprint density at radius 1 is 1.20 bits per heavy atom. The fraction of sp³-hybridized carbons (Fsp3) is 0.412. The van der Waals surface area contributed by atoms with Crippen LogP contribution in [-0.2, 0) is 4.79 Å². The molecule has 2 aliphatic rings.